The van der Waals surface area contributed by atoms with E-state index in [-0.39, 0.29) is 63.0 Å². The van der Waals surface area contributed by atoms with E-state index in [4.69, 9.17) is 4.74 Å². The number of ether oxygens (including phenoxy) is 2. The third-order valence-electron chi connectivity index (χ3n) is 5.23. The van der Waals surface area contributed by atoms with Crippen LogP contribution in [0.2, 0.25) is 0 Å². The molecule has 0 N–H and O–H groups in total. The van der Waals surface area contributed by atoms with Crippen LogP contribution in [0.5, 0.6) is 0 Å². The molecule has 1 aliphatic rings. The molecule has 0 spiro atoms. The number of nitrogens with zero attached hydrogens (tertiary/aromatic N) is 3. The maximum atomic E-state index is 14.0. The Bertz CT molecular complexity index is 940. The molecule has 1 aromatic carbocycles. The van der Waals surface area contributed by atoms with Crippen LogP contribution in [0, 0.1) is 5.82 Å². The summed E-state index contributed by atoms with van der Waals surface area (Å²) in [5, 5.41) is 0. The summed E-state index contributed by atoms with van der Waals surface area (Å²) in [6, 6.07) is 9.70. The van der Waals surface area contributed by atoms with Gasteiger partial charge < -0.3 is 19.3 Å². The Morgan fingerprint density at radius 3 is 2.62 bits per heavy atom. The summed E-state index contributed by atoms with van der Waals surface area (Å²) in [4.78, 5) is 44.1. The fraction of sp³-hybridized carbons (Fsp3) is 0.391. The van der Waals surface area contributed by atoms with Crippen molar-refractivity contribution in [2.75, 3.05) is 33.3 Å². The van der Waals surface area contributed by atoms with E-state index in [9.17, 15) is 18.8 Å². The number of pyridine rings is 1. The minimum Gasteiger partial charge on any atom is -0.469 e. The molecule has 0 aliphatic carbocycles. The van der Waals surface area contributed by atoms with Crippen molar-refractivity contribution < 1.29 is 28.2 Å². The molecule has 8 nitrogen and oxygen atoms in total. The highest BCUT2D eigenvalue weighted by molar-refractivity contribution is 5.86. The number of methoxy groups -OCH3 is 1. The van der Waals surface area contributed by atoms with Crippen LogP contribution in [0.3, 0.4) is 0 Å². The Labute approximate surface area is 185 Å². The zero-order valence-electron chi connectivity index (χ0n) is 17.9. The van der Waals surface area contributed by atoms with Crippen molar-refractivity contribution in [3.05, 3.63) is 65.7 Å². The predicted molar refractivity (Wildman–Crippen MR) is 113 cm³/mol. The van der Waals surface area contributed by atoms with Crippen molar-refractivity contribution in [3.63, 3.8) is 0 Å². The first-order valence-corrected chi connectivity index (χ1v) is 10.3. The number of halogens is 1. The van der Waals surface area contributed by atoms with Gasteiger partial charge in [-0.2, -0.15) is 0 Å². The van der Waals surface area contributed by atoms with Gasteiger partial charge in [-0.15, -0.1) is 0 Å². The van der Waals surface area contributed by atoms with E-state index < -0.39 is 17.9 Å². The average Bonchev–Trinajstić information content (AvgIpc) is 2.96. The van der Waals surface area contributed by atoms with Crippen molar-refractivity contribution in [2.24, 2.45) is 0 Å². The fourth-order valence-electron chi connectivity index (χ4n) is 3.43. The summed E-state index contributed by atoms with van der Waals surface area (Å²) in [5.41, 5.74) is 1.17. The molecule has 1 atom stereocenters. The number of hydrogen-bond donors (Lipinski definition) is 0. The van der Waals surface area contributed by atoms with Gasteiger partial charge in [-0.05, 0) is 29.3 Å². The van der Waals surface area contributed by atoms with Crippen molar-refractivity contribution >= 4 is 17.8 Å². The molecule has 1 fully saturated rings. The Kier molecular flexibility index (Phi) is 8.27. The first kappa shape index (κ1) is 23.3. The van der Waals surface area contributed by atoms with Crippen molar-refractivity contribution in [3.8, 4) is 0 Å². The van der Waals surface area contributed by atoms with Crippen LogP contribution in [-0.4, -0.2) is 72.0 Å². The second kappa shape index (κ2) is 11.3. The zero-order valence-corrected chi connectivity index (χ0v) is 17.9. The first-order valence-electron chi connectivity index (χ1n) is 10.3. The number of aromatic nitrogens is 1. The highest BCUT2D eigenvalue weighted by Gasteiger charge is 2.31. The summed E-state index contributed by atoms with van der Waals surface area (Å²) in [6.45, 7) is 0.685. The number of benzene rings is 1. The molecule has 1 saturated heterocycles. The van der Waals surface area contributed by atoms with Crippen molar-refractivity contribution in [1.82, 2.24) is 14.8 Å². The van der Waals surface area contributed by atoms with E-state index in [1.807, 2.05) is 12.1 Å². The Morgan fingerprint density at radius 2 is 1.91 bits per heavy atom. The summed E-state index contributed by atoms with van der Waals surface area (Å²) in [7, 11) is 1.29. The first-order chi connectivity index (χ1) is 15.5. The second-order valence-corrected chi connectivity index (χ2v) is 7.50. The Morgan fingerprint density at radius 1 is 1.16 bits per heavy atom. The topological polar surface area (TPSA) is 89.0 Å². The van der Waals surface area contributed by atoms with Gasteiger partial charge in [0.05, 0.1) is 39.2 Å². The lowest BCUT2D eigenvalue weighted by Crippen LogP contribution is -2.40. The molecule has 32 heavy (non-hydrogen) atoms. The van der Waals surface area contributed by atoms with Crippen LogP contribution < -0.4 is 0 Å². The van der Waals surface area contributed by atoms with Crippen LogP contribution >= 0.6 is 0 Å². The van der Waals surface area contributed by atoms with Gasteiger partial charge in [-0.1, -0.05) is 18.2 Å². The number of esters is 1. The average molecular weight is 443 g/mol. The van der Waals surface area contributed by atoms with Gasteiger partial charge in [0.15, 0.2) is 0 Å². The van der Waals surface area contributed by atoms with Crippen LogP contribution in [0.15, 0.2) is 48.8 Å². The molecule has 3 rings (SSSR count). The lowest BCUT2D eigenvalue weighted by Gasteiger charge is -2.24. The minimum absolute atomic E-state index is 0.0441. The van der Waals surface area contributed by atoms with Crippen LogP contribution in [-0.2, 0) is 36.9 Å². The highest BCUT2D eigenvalue weighted by atomic mass is 19.1. The molecule has 1 aromatic heterocycles. The SMILES string of the molecule is COC(=O)CCN1C[C@@H](OCc2ccncc2)CN(C(=O)Cc2ccccc2F)CC1=O. The van der Waals surface area contributed by atoms with Gasteiger partial charge in [0.2, 0.25) is 11.8 Å². The number of carbonyl (C=O) groups excluding carboxylic acids is 3. The molecular formula is C23H26FN3O5. The number of amides is 2. The molecule has 170 valence electrons. The molecule has 9 heteroatoms. The number of rotatable bonds is 8. The molecular weight excluding hydrogens is 417 g/mol. The largest absolute Gasteiger partial charge is 0.469 e. The lowest BCUT2D eigenvalue weighted by molar-refractivity contribution is -0.142. The van der Waals surface area contributed by atoms with Crippen molar-refractivity contribution in [2.45, 2.75) is 25.6 Å². The molecule has 2 heterocycles. The summed E-state index contributed by atoms with van der Waals surface area (Å²) in [5.74, 6) is -1.56. The van der Waals surface area contributed by atoms with Crippen molar-refractivity contribution in [1.29, 1.82) is 0 Å². The standard InChI is InChI=1S/C23H26FN3O5/c1-31-23(30)8-11-26-13-19(32-16-17-6-9-25-10-7-17)14-27(15-22(26)29)21(28)12-18-4-2-3-5-20(18)24/h2-7,9-10,19H,8,11-16H2,1H3/t19-/m1/s1. The van der Waals surface area contributed by atoms with Gasteiger partial charge in [-0.3, -0.25) is 19.4 Å². The lowest BCUT2D eigenvalue weighted by atomic mass is 10.1. The van der Waals surface area contributed by atoms with Gasteiger partial charge in [-0.25, -0.2) is 4.39 Å². The van der Waals surface area contributed by atoms with Gasteiger partial charge >= 0.3 is 5.97 Å². The Balaban J connectivity index is 1.72. The fourth-order valence-corrected chi connectivity index (χ4v) is 3.43. The summed E-state index contributed by atoms with van der Waals surface area (Å²) < 4.78 is 24.7. The maximum absolute atomic E-state index is 14.0. The van der Waals surface area contributed by atoms with Crippen LogP contribution in [0.1, 0.15) is 17.5 Å². The molecule has 0 saturated carbocycles. The van der Waals surface area contributed by atoms with Gasteiger partial charge in [0.25, 0.3) is 0 Å². The molecule has 1 aliphatic heterocycles. The zero-order chi connectivity index (χ0) is 22.9. The third kappa shape index (κ3) is 6.58. The van der Waals surface area contributed by atoms with E-state index in [0.29, 0.717) is 0 Å². The minimum atomic E-state index is -0.475. The Hall–Kier alpha value is -3.33. The van der Waals surface area contributed by atoms with E-state index in [2.05, 4.69) is 9.72 Å². The van der Waals surface area contributed by atoms with E-state index in [1.165, 1.54) is 23.0 Å². The van der Waals surface area contributed by atoms with Gasteiger partial charge in [0, 0.05) is 32.0 Å². The molecule has 2 amide bonds. The second-order valence-electron chi connectivity index (χ2n) is 7.50. The molecule has 0 bridgehead atoms. The number of carbonyl (C=O) groups is 3. The smallest absolute Gasteiger partial charge is 0.307 e. The van der Waals surface area contributed by atoms with Gasteiger partial charge in [0.1, 0.15) is 5.82 Å². The normalized spacial score (nSPS) is 16.6. The maximum Gasteiger partial charge on any atom is 0.307 e. The van der Waals surface area contributed by atoms with Crippen LogP contribution in [0.4, 0.5) is 4.39 Å². The molecule has 0 radical (unpaired) electrons. The quantitative estimate of drug-likeness (QED) is 0.576. The van der Waals surface area contributed by atoms with E-state index >= 15 is 0 Å². The summed E-state index contributed by atoms with van der Waals surface area (Å²) in [6.07, 6.45) is 2.73. The van der Waals surface area contributed by atoms with Crippen LogP contribution in [0.25, 0.3) is 0 Å². The third-order valence-corrected chi connectivity index (χ3v) is 5.23. The molecule has 0 unspecified atom stereocenters. The summed E-state index contributed by atoms with van der Waals surface area (Å²) >= 11 is 0. The van der Waals surface area contributed by atoms with E-state index in [1.54, 1.807) is 30.6 Å². The predicted octanol–water partition coefficient (Wildman–Crippen LogP) is 1.58. The number of hydrogen-bond acceptors (Lipinski definition) is 6. The highest BCUT2D eigenvalue weighted by Crippen LogP contribution is 2.15. The molecule has 2 aromatic rings. The van der Waals surface area contributed by atoms with E-state index in [0.717, 1.165) is 5.56 Å². The monoisotopic (exact) mass is 443 g/mol.